The van der Waals surface area contributed by atoms with Crippen LogP contribution in [0.2, 0.25) is 0 Å². The van der Waals surface area contributed by atoms with Gasteiger partial charge in [-0.3, -0.25) is 14.4 Å². The van der Waals surface area contributed by atoms with Crippen molar-refractivity contribution >= 4 is 23.6 Å². The van der Waals surface area contributed by atoms with Gasteiger partial charge in [0.1, 0.15) is 5.82 Å². The Morgan fingerprint density at radius 3 is 2.58 bits per heavy atom. The summed E-state index contributed by atoms with van der Waals surface area (Å²) >= 11 is 0. The van der Waals surface area contributed by atoms with E-state index in [9.17, 15) is 14.4 Å². The fourth-order valence-electron chi connectivity index (χ4n) is 1.31. The van der Waals surface area contributed by atoms with E-state index < -0.39 is 5.91 Å². The lowest BCUT2D eigenvalue weighted by molar-refractivity contribution is -0.140. The Balaban J connectivity index is 2.40. The number of nitrogens with one attached hydrogen (secondary N) is 1. The molecule has 0 spiro atoms. The first-order chi connectivity index (χ1) is 9.02. The average molecular weight is 265 g/mol. The quantitative estimate of drug-likeness (QED) is 0.726. The monoisotopic (exact) mass is 265 g/mol. The molecule has 0 aliphatic heterocycles. The molecule has 102 valence electrons. The van der Waals surface area contributed by atoms with E-state index in [2.05, 4.69) is 15.0 Å². The summed E-state index contributed by atoms with van der Waals surface area (Å²) in [6.07, 6.45) is 2.07. The average Bonchev–Trinajstić information content (AvgIpc) is 2.39. The second-order valence-electron chi connectivity index (χ2n) is 3.77. The molecule has 3 N–H and O–H groups in total. The van der Waals surface area contributed by atoms with E-state index in [4.69, 9.17) is 5.73 Å². The third kappa shape index (κ3) is 5.15. The Bertz CT molecular complexity index is 470. The van der Waals surface area contributed by atoms with Crippen molar-refractivity contribution in [3.05, 3.63) is 23.9 Å². The van der Waals surface area contributed by atoms with Gasteiger partial charge in [-0.05, 0) is 18.6 Å². The highest BCUT2D eigenvalue weighted by molar-refractivity contribution is 5.93. The fourth-order valence-corrected chi connectivity index (χ4v) is 1.31. The number of hydrogen-bond acceptors (Lipinski definition) is 5. The van der Waals surface area contributed by atoms with Crippen LogP contribution in [0.15, 0.2) is 18.3 Å². The first-order valence-corrected chi connectivity index (χ1v) is 5.65. The molecule has 0 aromatic carbocycles. The molecular weight excluding hydrogens is 250 g/mol. The maximum atomic E-state index is 11.5. The van der Waals surface area contributed by atoms with Crippen molar-refractivity contribution in [2.45, 2.75) is 19.3 Å². The van der Waals surface area contributed by atoms with Crippen molar-refractivity contribution in [2.75, 3.05) is 12.4 Å². The number of rotatable bonds is 6. The van der Waals surface area contributed by atoms with Gasteiger partial charge in [0.25, 0.3) is 0 Å². The van der Waals surface area contributed by atoms with Gasteiger partial charge < -0.3 is 15.8 Å². The normalized spacial score (nSPS) is 9.74. The van der Waals surface area contributed by atoms with E-state index in [0.717, 1.165) is 0 Å². The number of nitrogens with two attached hydrogens (primary N) is 1. The molecule has 0 saturated carbocycles. The van der Waals surface area contributed by atoms with E-state index in [1.54, 1.807) is 0 Å². The highest BCUT2D eigenvalue weighted by Gasteiger charge is 2.07. The third-order valence-corrected chi connectivity index (χ3v) is 2.33. The van der Waals surface area contributed by atoms with E-state index in [0.29, 0.717) is 12.2 Å². The zero-order valence-electron chi connectivity index (χ0n) is 10.5. The zero-order chi connectivity index (χ0) is 14.3. The predicted octanol–water partition coefficient (Wildman–Crippen LogP) is 0.462. The topological polar surface area (TPSA) is 111 Å². The van der Waals surface area contributed by atoms with Gasteiger partial charge in [-0.2, -0.15) is 0 Å². The summed E-state index contributed by atoms with van der Waals surface area (Å²) in [7, 11) is 1.30. The minimum absolute atomic E-state index is 0.189. The molecule has 0 atom stereocenters. The SMILES string of the molecule is COC(=O)CCCC(=O)Nc1ccc(C(N)=O)cn1. The molecule has 1 heterocycles. The summed E-state index contributed by atoms with van der Waals surface area (Å²) in [4.78, 5) is 37.0. The number of anilines is 1. The van der Waals surface area contributed by atoms with Gasteiger partial charge in [0.15, 0.2) is 0 Å². The van der Waals surface area contributed by atoms with Gasteiger partial charge >= 0.3 is 5.97 Å². The van der Waals surface area contributed by atoms with Gasteiger partial charge in [0.2, 0.25) is 11.8 Å². The summed E-state index contributed by atoms with van der Waals surface area (Å²) in [5.74, 6) is -0.864. The smallest absolute Gasteiger partial charge is 0.305 e. The van der Waals surface area contributed by atoms with Gasteiger partial charge in [-0.1, -0.05) is 0 Å². The second kappa shape index (κ2) is 7.10. The van der Waals surface area contributed by atoms with Gasteiger partial charge in [-0.25, -0.2) is 4.98 Å². The molecule has 0 bridgehead atoms. The molecule has 0 aliphatic rings. The van der Waals surface area contributed by atoms with Crippen molar-refractivity contribution in [3.8, 4) is 0 Å². The van der Waals surface area contributed by atoms with Gasteiger partial charge in [-0.15, -0.1) is 0 Å². The van der Waals surface area contributed by atoms with Crippen LogP contribution >= 0.6 is 0 Å². The lowest BCUT2D eigenvalue weighted by Crippen LogP contribution is -2.15. The van der Waals surface area contributed by atoms with E-state index >= 15 is 0 Å². The van der Waals surface area contributed by atoms with Crippen LogP contribution in [-0.2, 0) is 14.3 Å². The molecular formula is C12H15N3O4. The highest BCUT2D eigenvalue weighted by atomic mass is 16.5. The number of carbonyl (C=O) groups is 3. The van der Waals surface area contributed by atoms with Gasteiger partial charge in [0.05, 0.1) is 12.7 Å². The Kier molecular flexibility index (Phi) is 5.46. The van der Waals surface area contributed by atoms with Crippen molar-refractivity contribution in [3.63, 3.8) is 0 Å². The molecule has 1 aromatic rings. The maximum Gasteiger partial charge on any atom is 0.305 e. The highest BCUT2D eigenvalue weighted by Crippen LogP contribution is 2.06. The molecule has 0 aliphatic carbocycles. The molecule has 7 nitrogen and oxygen atoms in total. The largest absolute Gasteiger partial charge is 0.469 e. The minimum atomic E-state index is -0.580. The van der Waals surface area contributed by atoms with E-state index in [1.165, 1.54) is 25.4 Å². The van der Waals surface area contributed by atoms with Crippen LogP contribution in [0.25, 0.3) is 0 Å². The molecule has 7 heteroatoms. The number of ether oxygens (including phenoxy) is 1. The number of esters is 1. The van der Waals surface area contributed by atoms with Crippen LogP contribution in [-0.4, -0.2) is 29.9 Å². The molecule has 0 radical (unpaired) electrons. The number of pyridine rings is 1. The Morgan fingerprint density at radius 2 is 2.05 bits per heavy atom. The first-order valence-electron chi connectivity index (χ1n) is 5.65. The summed E-state index contributed by atoms with van der Waals surface area (Å²) in [5, 5.41) is 2.55. The number of primary amides is 1. The Hall–Kier alpha value is -2.44. The number of methoxy groups -OCH3 is 1. The van der Waals surface area contributed by atoms with Crippen molar-refractivity contribution in [1.29, 1.82) is 0 Å². The zero-order valence-corrected chi connectivity index (χ0v) is 10.5. The van der Waals surface area contributed by atoms with Crippen LogP contribution in [0.3, 0.4) is 0 Å². The summed E-state index contributed by atoms with van der Waals surface area (Å²) in [6.45, 7) is 0. The van der Waals surface area contributed by atoms with Crippen molar-refractivity contribution in [2.24, 2.45) is 5.73 Å². The standard InChI is InChI=1S/C12H15N3O4/c1-19-11(17)4-2-3-10(16)15-9-6-5-8(7-14-9)12(13)18/h5-7H,2-4H2,1H3,(H2,13,18)(H,14,15,16). The van der Waals surface area contributed by atoms with Crippen LogP contribution in [0.5, 0.6) is 0 Å². The fraction of sp³-hybridized carbons (Fsp3) is 0.333. The number of nitrogens with zero attached hydrogens (tertiary/aromatic N) is 1. The van der Waals surface area contributed by atoms with E-state index in [-0.39, 0.29) is 30.3 Å². The van der Waals surface area contributed by atoms with Crippen LogP contribution in [0, 0.1) is 0 Å². The minimum Gasteiger partial charge on any atom is -0.469 e. The lowest BCUT2D eigenvalue weighted by Gasteiger charge is -2.04. The Labute approximate surface area is 110 Å². The Morgan fingerprint density at radius 1 is 1.32 bits per heavy atom. The van der Waals surface area contributed by atoms with Crippen LogP contribution in [0.1, 0.15) is 29.6 Å². The molecule has 1 rings (SSSR count). The molecule has 1 aromatic heterocycles. The summed E-state index contributed by atoms with van der Waals surface area (Å²) in [5.41, 5.74) is 5.33. The number of hydrogen-bond donors (Lipinski definition) is 2. The first kappa shape index (κ1) is 14.6. The van der Waals surface area contributed by atoms with E-state index in [1.807, 2.05) is 0 Å². The molecule has 0 unspecified atom stereocenters. The number of aromatic nitrogens is 1. The molecule has 2 amide bonds. The second-order valence-corrected chi connectivity index (χ2v) is 3.77. The van der Waals surface area contributed by atoms with Crippen LogP contribution < -0.4 is 11.1 Å². The molecule has 0 fully saturated rings. The van der Waals surface area contributed by atoms with Crippen LogP contribution in [0.4, 0.5) is 5.82 Å². The third-order valence-electron chi connectivity index (χ3n) is 2.33. The number of carbonyl (C=O) groups excluding carboxylic acids is 3. The lowest BCUT2D eigenvalue weighted by atomic mass is 10.2. The summed E-state index contributed by atoms with van der Waals surface area (Å²) in [6, 6.07) is 2.96. The molecule has 19 heavy (non-hydrogen) atoms. The van der Waals surface area contributed by atoms with Crippen molar-refractivity contribution in [1.82, 2.24) is 4.98 Å². The summed E-state index contributed by atoms with van der Waals surface area (Å²) < 4.78 is 4.46. The maximum absolute atomic E-state index is 11.5. The predicted molar refractivity (Wildman–Crippen MR) is 67.3 cm³/mol. The van der Waals surface area contributed by atoms with Crippen molar-refractivity contribution < 1.29 is 19.1 Å². The number of amides is 2. The molecule has 0 saturated heterocycles. The van der Waals surface area contributed by atoms with Gasteiger partial charge in [0, 0.05) is 19.0 Å².